The number of ketones is 1. The van der Waals surface area contributed by atoms with Crippen LogP contribution < -0.4 is 9.46 Å². The number of Topliss-reactive ketones (excluding diaryl/α,β-unsaturated/α-hetero) is 1. The van der Waals surface area contributed by atoms with Gasteiger partial charge in [-0.1, -0.05) is 42.7 Å². The Morgan fingerprint density at radius 1 is 1.03 bits per heavy atom. The first-order valence-corrected chi connectivity index (χ1v) is 11.3. The Kier molecular flexibility index (Phi) is 6.89. The lowest BCUT2D eigenvalue weighted by Gasteiger charge is -2.15. The number of methoxy groups -OCH3 is 1. The van der Waals surface area contributed by atoms with Gasteiger partial charge in [0.15, 0.2) is 12.4 Å². The number of nitrogens with one attached hydrogen (secondary N) is 1. The van der Waals surface area contributed by atoms with Crippen LogP contribution in [0.15, 0.2) is 47.4 Å². The second kappa shape index (κ2) is 9.40. The molecular formula is C22H25NO6S. The number of hydrogen-bond donors (Lipinski definition) is 1. The van der Waals surface area contributed by atoms with Gasteiger partial charge in [0.05, 0.1) is 12.7 Å². The minimum atomic E-state index is -3.87. The summed E-state index contributed by atoms with van der Waals surface area (Å²) in [4.78, 5) is 24.5. The predicted molar refractivity (Wildman–Crippen MR) is 111 cm³/mol. The maximum absolute atomic E-state index is 12.8. The fraction of sp³-hybridized carbons (Fsp3) is 0.364. The Bertz CT molecular complexity index is 1020. The first-order chi connectivity index (χ1) is 14.3. The van der Waals surface area contributed by atoms with Gasteiger partial charge in [-0.15, -0.1) is 0 Å². The van der Waals surface area contributed by atoms with Crippen LogP contribution in [0.1, 0.15) is 52.0 Å². The lowest BCUT2D eigenvalue weighted by atomic mass is 10.1. The van der Waals surface area contributed by atoms with Gasteiger partial charge in [-0.2, -0.15) is 0 Å². The highest BCUT2D eigenvalue weighted by Crippen LogP contribution is 2.27. The summed E-state index contributed by atoms with van der Waals surface area (Å²) in [5.74, 6) is -0.990. The number of carbonyl (C=O) groups excluding carboxylic acids is 2. The van der Waals surface area contributed by atoms with Crippen molar-refractivity contribution in [3.8, 4) is 5.75 Å². The molecule has 0 spiro atoms. The second-order valence-electron chi connectivity index (χ2n) is 7.33. The van der Waals surface area contributed by atoms with Crippen molar-refractivity contribution in [3.63, 3.8) is 0 Å². The molecule has 0 saturated heterocycles. The molecule has 160 valence electrons. The summed E-state index contributed by atoms with van der Waals surface area (Å²) < 4.78 is 38.6. The third kappa shape index (κ3) is 5.25. The molecule has 0 atom stereocenters. The Morgan fingerprint density at radius 2 is 1.67 bits per heavy atom. The van der Waals surface area contributed by atoms with Crippen LogP contribution in [0, 0.1) is 6.92 Å². The number of rotatable bonds is 8. The zero-order chi connectivity index (χ0) is 21.7. The number of sulfonamides is 1. The van der Waals surface area contributed by atoms with E-state index in [0.29, 0.717) is 5.56 Å². The number of carbonyl (C=O) groups is 2. The molecule has 1 N–H and O–H groups in total. The van der Waals surface area contributed by atoms with Crippen molar-refractivity contribution in [1.29, 1.82) is 0 Å². The van der Waals surface area contributed by atoms with Crippen molar-refractivity contribution in [2.75, 3.05) is 13.7 Å². The average Bonchev–Trinajstić information content (AvgIpc) is 3.24. The van der Waals surface area contributed by atoms with Crippen molar-refractivity contribution in [2.24, 2.45) is 0 Å². The van der Waals surface area contributed by atoms with Crippen LogP contribution in [-0.4, -0.2) is 39.9 Å². The van der Waals surface area contributed by atoms with E-state index in [1.807, 2.05) is 6.92 Å². The zero-order valence-electron chi connectivity index (χ0n) is 17.0. The molecule has 0 heterocycles. The Morgan fingerprint density at radius 3 is 2.30 bits per heavy atom. The summed E-state index contributed by atoms with van der Waals surface area (Å²) in [6, 6.07) is 10.8. The monoisotopic (exact) mass is 431 g/mol. The number of hydrogen-bond acceptors (Lipinski definition) is 6. The van der Waals surface area contributed by atoms with Crippen LogP contribution in [0.5, 0.6) is 5.75 Å². The van der Waals surface area contributed by atoms with E-state index < -0.39 is 22.6 Å². The largest absolute Gasteiger partial charge is 0.495 e. The summed E-state index contributed by atoms with van der Waals surface area (Å²) in [5.41, 5.74) is 1.48. The van der Waals surface area contributed by atoms with Gasteiger partial charge in [-0.25, -0.2) is 17.9 Å². The summed E-state index contributed by atoms with van der Waals surface area (Å²) in [6.45, 7) is 1.47. The van der Waals surface area contributed by atoms with Crippen LogP contribution in [0.4, 0.5) is 0 Å². The van der Waals surface area contributed by atoms with Crippen molar-refractivity contribution >= 4 is 21.8 Å². The van der Waals surface area contributed by atoms with E-state index in [2.05, 4.69) is 4.72 Å². The summed E-state index contributed by atoms with van der Waals surface area (Å²) in [7, 11) is -2.51. The maximum Gasteiger partial charge on any atom is 0.338 e. The lowest BCUT2D eigenvalue weighted by Crippen LogP contribution is -2.33. The molecule has 0 bridgehead atoms. The lowest BCUT2D eigenvalue weighted by molar-refractivity contribution is 0.0474. The van der Waals surface area contributed by atoms with Gasteiger partial charge in [0.1, 0.15) is 10.6 Å². The van der Waals surface area contributed by atoms with Crippen molar-refractivity contribution in [2.45, 2.75) is 43.5 Å². The standard InChI is InChI=1S/C22H25NO6S/c1-15-7-9-16(10-8-15)19(24)14-29-22(25)17-11-12-20(28-2)21(13-17)30(26,27)23-18-5-3-4-6-18/h7-13,18,23H,3-6,14H2,1-2H3. The van der Waals surface area contributed by atoms with E-state index >= 15 is 0 Å². The molecular weight excluding hydrogens is 406 g/mol. The molecule has 8 heteroatoms. The van der Waals surface area contributed by atoms with Crippen LogP contribution in [0.25, 0.3) is 0 Å². The van der Waals surface area contributed by atoms with E-state index in [9.17, 15) is 18.0 Å². The SMILES string of the molecule is COc1ccc(C(=O)OCC(=O)c2ccc(C)cc2)cc1S(=O)(=O)NC1CCCC1. The first kappa shape index (κ1) is 22.0. The highest BCUT2D eigenvalue weighted by molar-refractivity contribution is 7.89. The predicted octanol–water partition coefficient (Wildman–Crippen LogP) is 3.26. The minimum Gasteiger partial charge on any atom is -0.495 e. The third-order valence-electron chi connectivity index (χ3n) is 5.07. The Labute approximate surface area is 176 Å². The molecule has 1 saturated carbocycles. The number of esters is 1. The van der Waals surface area contributed by atoms with Gasteiger partial charge in [-0.3, -0.25) is 4.79 Å². The molecule has 2 aromatic carbocycles. The maximum atomic E-state index is 12.8. The second-order valence-corrected chi connectivity index (χ2v) is 9.02. The summed E-state index contributed by atoms with van der Waals surface area (Å²) in [6.07, 6.45) is 3.52. The highest BCUT2D eigenvalue weighted by Gasteiger charge is 2.27. The van der Waals surface area contributed by atoms with E-state index in [1.54, 1.807) is 24.3 Å². The van der Waals surface area contributed by atoms with Crippen molar-refractivity contribution < 1.29 is 27.5 Å². The van der Waals surface area contributed by atoms with E-state index in [4.69, 9.17) is 9.47 Å². The number of benzene rings is 2. The third-order valence-corrected chi connectivity index (χ3v) is 6.62. The molecule has 0 unspecified atom stereocenters. The van der Waals surface area contributed by atoms with Crippen molar-refractivity contribution in [3.05, 3.63) is 59.2 Å². The van der Waals surface area contributed by atoms with Crippen LogP contribution >= 0.6 is 0 Å². The molecule has 0 radical (unpaired) electrons. The Hall–Kier alpha value is -2.71. The number of aryl methyl sites for hydroxylation is 1. The van der Waals surface area contributed by atoms with Gasteiger partial charge in [0, 0.05) is 11.6 Å². The summed E-state index contributed by atoms with van der Waals surface area (Å²) >= 11 is 0. The molecule has 1 aliphatic carbocycles. The molecule has 7 nitrogen and oxygen atoms in total. The first-order valence-electron chi connectivity index (χ1n) is 9.77. The molecule has 3 rings (SSSR count). The van der Waals surface area contributed by atoms with E-state index in [1.165, 1.54) is 25.3 Å². The Balaban J connectivity index is 1.73. The van der Waals surface area contributed by atoms with Gasteiger partial charge in [-0.05, 0) is 38.0 Å². The smallest absolute Gasteiger partial charge is 0.338 e. The average molecular weight is 432 g/mol. The van der Waals surface area contributed by atoms with Gasteiger partial charge < -0.3 is 9.47 Å². The van der Waals surface area contributed by atoms with Crippen LogP contribution in [0.2, 0.25) is 0 Å². The molecule has 1 fully saturated rings. The number of ether oxygens (including phenoxy) is 2. The van der Waals surface area contributed by atoms with Gasteiger partial charge >= 0.3 is 5.97 Å². The summed E-state index contributed by atoms with van der Waals surface area (Å²) in [5, 5.41) is 0. The van der Waals surface area contributed by atoms with E-state index in [0.717, 1.165) is 31.2 Å². The fourth-order valence-corrected chi connectivity index (χ4v) is 4.88. The van der Waals surface area contributed by atoms with Gasteiger partial charge in [0.2, 0.25) is 10.0 Å². The van der Waals surface area contributed by atoms with E-state index in [-0.39, 0.29) is 28.0 Å². The zero-order valence-corrected chi connectivity index (χ0v) is 17.8. The molecule has 0 amide bonds. The van der Waals surface area contributed by atoms with Crippen LogP contribution in [0.3, 0.4) is 0 Å². The molecule has 0 aromatic heterocycles. The molecule has 1 aliphatic rings. The fourth-order valence-electron chi connectivity index (χ4n) is 3.38. The topological polar surface area (TPSA) is 98.8 Å². The normalized spacial score (nSPS) is 14.5. The molecule has 30 heavy (non-hydrogen) atoms. The van der Waals surface area contributed by atoms with Crippen LogP contribution in [-0.2, 0) is 14.8 Å². The van der Waals surface area contributed by atoms with Gasteiger partial charge in [0.25, 0.3) is 0 Å². The molecule has 0 aliphatic heterocycles. The quantitative estimate of drug-likeness (QED) is 0.509. The van der Waals surface area contributed by atoms with Crippen molar-refractivity contribution in [1.82, 2.24) is 4.72 Å². The minimum absolute atomic E-state index is 0.0271. The highest BCUT2D eigenvalue weighted by atomic mass is 32.2. The molecule has 2 aromatic rings.